The van der Waals surface area contributed by atoms with Crippen LogP contribution < -0.4 is 19.3 Å². The Morgan fingerprint density at radius 1 is 0.532 bits per heavy atom. The van der Waals surface area contributed by atoms with Crippen molar-refractivity contribution >= 4 is 44.6 Å². The minimum atomic E-state index is -1.76. The molecule has 0 unspecified atom stereocenters. The van der Waals surface area contributed by atoms with Gasteiger partial charge in [0.1, 0.15) is 35.5 Å². The van der Waals surface area contributed by atoms with Crippen molar-refractivity contribution in [1.82, 2.24) is 9.55 Å². The number of hydrogen-bond donors (Lipinski definition) is 0. The molecule has 5 aliphatic heterocycles. The van der Waals surface area contributed by atoms with Crippen molar-refractivity contribution in [3.05, 3.63) is 204 Å². The summed E-state index contributed by atoms with van der Waals surface area (Å²) in [4.78, 5) is 10.1. The average molecular weight is 1010 g/mol. The number of nitrogens with zero attached hydrogens (tertiary/aromatic N) is 4. The van der Waals surface area contributed by atoms with Crippen LogP contribution in [0.4, 0.5) is 22.7 Å². The van der Waals surface area contributed by atoms with Crippen LogP contribution in [0.25, 0.3) is 61.0 Å². The van der Waals surface area contributed by atoms with E-state index in [9.17, 15) is 2.74 Å². The normalized spacial score (nSPS) is 16.0. The maximum absolute atomic E-state index is 9.83. The van der Waals surface area contributed by atoms with Gasteiger partial charge in [0.15, 0.2) is 0 Å². The lowest BCUT2D eigenvalue weighted by Gasteiger charge is -2.42. The van der Waals surface area contributed by atoms with Crippen molar-refractivity contribution in [2.75, 3.05) is 16.5 Å². The van der Waals surface area contributed by atoms with Crippen LogP contribution in [0.1, 0.15) is 107 Å². The summed E-state index contributed by atoms with van der Waals surface area (Å²) in [6.45, 7) is 22.8. The van der Waals surface area contributed by atoms with Crippen molar-refractivity contribution in [2.45, 2.75) is 105 Å². The molecule has 10 aromatic rings. The van der Waals surface area contributed by atoms with Gasteiger partial charge >= 0.3 is 0 Å². The van der Waals surface area contributed by atoms with E-state index in [0.717, 1.165) is 102 Å². The molecule has 6 aliphatic rings. The number of ether oxygens (including phenoxy) is 2. The zero-order chi connectivity index (χ0) is 55.0. The SMILES string of the molecule is [2H]C([2H])(c1cc2ncc1-c1ccc(cc1)Oc1ccccc1-c1cccc(-c3ccc4c(c3)C(C)(C)CCC4(C)C)c1N1CN(c3cc(cc(C(C)(C)C)c3)Oc3ccc4c5ccccc5n-2c4c3)c2ccccc21)C(C)(C)C. The Balaban J connectivity index is 1.07. The summed E-state index contributed by atoms with van der Waals surface area (Å²) in [5.74, 6) is 3.44. The molecule has 384 valence electrons. The first-order valence-corrected chi connectivity index (χ1v) is 27.3. The van der Waals surface area contributed by atoms with Gasteiger partial charge in [0.2, 0.25) is 0 Å². The van der Waals surface area contributed by atoms with Gasteiger partial charge in [0.05, 0.1) is 28.1 Å². The van der Waals surface area contributed by atoms with Gasteiger partial charge in [-0.15, -0.1) is 0 Å². The monoisotopic (exact) mass is 1010 g/mol. The quantitative estimate of drug-likeness (QED) is 0.173. The first-order valence-electron chi connectivity index (χ1n) is 28.3. The third-order valence-electron chi connectivity index (χ3n) is 16.4. The molecule has 0 atom stereocenters. The lowest BCUT2D eigenvalue weighted by Crippen LogP contribution is -2.33. The van der Waals surface area contributed by atoms with Crippen LogP contribution in [0.3, 0.4) is 0 Å². The lowest BCUT2D eigenvalue weighted by atomic mass is 9.63. The van der Waals surface area contributed by atoms with Gasteiger partial charge in [0.25, 0.3) is 0 Å². The molecule has 6 nitrogen and oxygen atoms in total. The summed E-state index contributed by atoms with van der Waals surface area (Å²) < 4.78 is 35.9. The Morgan fingerprint density at radius 2 is 1.19 bits per heavy atom. The Hall–Kier alpha value is -8.09. The number of para-hydroxylation sites is 5. The molecule has 8 aromatic carbocycles. The van der Waals surface area contributed by atoms with E-state index in [1.165, 1.54) is 16.7 Å². The van der Waals surface area contributed by atoms with E-state index < -0.39 is 11.8 Å². The van der Waals surface area contributed by atoms with Crippen LogP contribution >= 0.6 is 0 Å². The van der Waals surface area contributed by atoms with E-state index in [-0.39, 0.29) is 16.2 Å². The summed E-state index contributed by atoms with van der Waals surface area (Å²) in [6.07, 6.45) is 2.36. The van der Waals surface area contributed by atoms with Crippen molar-refractivity contribution in [3.63, 3.8) is 0 Å². The molecule has 0 radical (unpaired) electrons. The van der Waals surface area contributed by atoms with Crippen LogP contribution in [-0.4, -0.2) is 16.2 Å². The molecule has 2 aromatic heterocycles. The second-order valence-corrected chi connectivity index (χ2v) is 24.9. The highest BCUT2D eigenvalue weighted by Gasteiger charge is 2.38. The fourth-order valence-electron chi connectivity index (χ4n) is 12.2. The van der Waals surface area contributed by atoms with E-state index >= 15 is 0 Å². The molecule has 0 N–H and O–H groups in total. The zero-order valence-electron chi connectivity index (χ0n) is 48.0. The van der Waals surface area contributed by atoms with Crippen molar-refractivity contribution < 1.29 is 12.2 Å². The van der Waals surface area contributed by atoms with Gasteiger partial charge in [-0.3, -0.25) is 4.57 Å². The van der Waals surface area contributed by atoms with Crippen molar-refractivity contribution in [1.29, 1.82) is 0 Å². The van der Waals surface area contributed by atoms with Gasteiger partial charge in [-0.1, -0.05) is 166 Å². The molecule has 6 heteroatoms. The van der Waals surface area contributed by atoms with Gasteiger partial charge < -0.3 is 19.3 Å². The average Bonchev–Trinajstić information content (AvgIpc) is 4.25. The van der Waals surface area contributed by atoms with Crippen LogP contribution in [-0.2, 0) is 22.6 Å². The first-order chi connectivity index (χ1) is 37.6. The Morgan fingerprint density at radius 3 is 1.97 bits per heavy atom. The summed E-state index contributed by atoms with van der Waals surface area (Å²) in [5, 5.41) is 2.12. The zero-order valence-corrected chi connectivity index (χ0v) is 46.0. The standard InChI is InChI=1S/C71H68N4O2/c1-68(2,3)42-47-37-66-72-43-58(47)45-26-29-50(30-27-45)77-65-25-16-12-19-56(65)57-21-17-20-53(46-28-33-59-60(36-46)71(9,10)35-34-70(59,7)8)67(57)74-44-73(62-23-14-15-24-63(62)74)49-38-48(69(4,5)6)39-52(40-49)76-51-31-32-55-54-18-11-13-22-61(54)75(66)64(55)41-51/h11-33,36-41,43H,34-35,42,44H2,1-10H3/i42D2. The molecule has 1 aliphatic carbocycles. The minimum absolute atomic E-state index is 0.0182. The number of hydrogen-bond acceptors (Lipinski definition) is 5. The number of aromatic nitrogens is 2. The summed E-state index contributed by atoms with van der Waals surface area (Å²) >= 11 is 0. The van der Waals surface area contributed by atoms with E-state index in [0.29, 0.717) is 29.5 Å². The topological polar surface area (TPSA) is 42.8 Å². The Labute approximate surface area is 457 Å². The predicted octanol–water partition coefficient (Wildman–Crippen LogP) is 19.6. The molecule has 16 rings (SSSR count). The minimum Gasteiger partial charge on any atom is -0.457 e. The number of fused-ring (bicyclic) bond motifs is 4. The third kappa shape index (κ3) is 8.54. The molecule has 10 bridgehead atoms. The number of benzene rings is 8. The molecular formula is C71H68N4O2. The van der Waals surface area contributed by atoms with Gasteiger partial charge in [-0.05, 0) is 141 Å². The van der Waals surface area contributed by atoms with Crippen LogP contribution in [0.5, 0.6) is 23.0 Å². The maximum atomic E-state index is 9.83. The summed E-state index contributed by atoms with van der Waals surface area (Å²) in [6, 6.07) is 62.5. The largest absolute Gasteiger partial charge is 0.457 e. The fourth-order valence-corrected chi connectivity index (χ4v) is 12.2. The molecule has 0 saturated carbocycles. The van der Waals surface area contributed by atoms with E-state index in [1.807, 2.05) is 69.4 Å². The fraction of sp³-hybridized carbons (Fsp3) is 0.254. The number of pyridine rings is 1. The van der Waals surface area contributed by atoms with Gasteiger partial charge in [0, 0.05) is 59.8 Å². The second-order valence-electron chi connectivity index (χ2n) is 24.9. The summed E-state index contributed by atoms with van der Waals surface area (Å²) in [7, 11) is 0. The molecule has 0 amide bonds. The highest BCUT2D eigenvalue weighted by atomic mass is 16.5. The van der Waals surface area contributed by atoms with Crippen LogP contribution in [0.15, 0.2) is 182 Å². The Bertz CT molecular complexity index is 4080. The number of rotatable bonds is 2. The lowest BCUT2D eigenvalue weighted by molar-refractivity contribution is 0.332. The molecule has 0 fully saturated rings. The van der Waals surface area contributed by atoms with Crippen LogP contribution in [0, 0.1) is 5.41 Å². The third-order valence-corrected chi connectivity index (χ3v) is 16.4. The smallest absolute Gasteiger partial charge is 0.137 e. The highest BCUT2D eigenvalue weighted by molar-refractivity contribution is 6.09. The second kappa shape index (κ2) is 17.7. The highest BCUT2D eigenvalue weighted by Crippen LogP contribution is 2.54. The molecule has 77 heavy (non-hydrogen) atoms. The molecular weight excluding hydrogens is 941 g/mol. The molecule has 0 spiro atoms. The predicted molar refractivity (Wildman–Crippen MR) is 321 cm³/mol. The van der Waals surface area contributed by atoms with Crippen molar-refractivity contribution in [3.8, 4) is 62.2 Å². The molecule has 7 heterocycles. The summed E-state index contributed by atoms with van der Waals surface area (Å²) in [5.41, 5.74) is 15.8. The van der Waals surface area contributed by atoms with Gasteiger partial charge in [-0.2, -0.15) is 0 Å². The first kappa shape index (κ1) is 46.2. The maximum Gasteiger partial charge on any atom is 0.137 e. The molecule has 0 saturated heterocycles. The van der Waals surface area contributed by atoms with E-state index in [4.69, 9.17) is 14.5 Å². The van der Waals surface area contributed by atoms with Crippen molar-refractivity contribution in [2.24, 2.45) is 5.41 Å². The van der Waals surface area contributed by atoms with Gasteiger partial charge in [-0.25, -0.2) is 4.98 Å². The Kier molecular flexibility index (Phi) is 10.7. The van der Waals surface area contributed by atoms with E-state index in [1.54, 1.807) is 0 Å². The van der Waals surface area contributed by atoms with E-state index in [2.05, 4.69) is 196 Å². The number of anilines is 4. The van der Waals surface area contributed by atoms with Crippen LogP contribution in [0.2, 0.25) is 0 Å².